The molecule has 0 amide bonds. The molecule has 4 nitrogen and oxygen atoms in total. The Morgan fingerprint density at radius 1 is 1.50 bits per heavy atom. The molecule has 0 aliphatic carbocycles. The van der Waals surface area contributed by atoms with E-state index in [-0.39, 0.29) is 0 Å². The molecule has 16 heavy (non-hydrogen) atoms. The highest BCUT2D eigenvalue weighted by Gasteiger charge is 2.15. The molecule has 2 rings (SSSR count). The fraction of sp³-hybridized carbons (Fsp3) is 0.500. The van der Waals surface area contributed by atoms with Gasteiger partial charge in [-0.25, -0.2) is 0 Å². The predicted molar refractivity (Wildman–Crippen MR) is 58.0 cm³/mol. The second kappa shape index (κ2) is 5.47. The highest BCUT2D eigenvalue weighted by atomic mass is 16.5. The summed E-state index contributed by atoms with van der Waals surface area (Å²) in [7, 11) is 0. The van der Waals surface area contributed by atoms with Crippen molar-refractivity contribution in [1.82, 2.24) is 4.98 Å². The van der Waals surface area contributed by atoms with E-state index in [1.165, 1.54) is 0 Å². The highest BCUT2D eigenvalue weighted by molar-refractivity contribution is 5.40. The van der Waals surface area contributed by atoms with Crippen LogP contribution in [-0.2, 0) is 4.74 Å². The Bertz CT molecular complexity index is 381. The zero-order valence-electron chi connectivity index (χ0n) is 9.06. The maximum Gasteiger partial charge on any atom is 0.155 e. The minimum atomic E-state index is 0.528. The van der Waals surface area contributed by atoms with E-state index in [2.05, 4.69) is 11.1 Å². The molecule has 1 aromatic heterocycles. The van der Waals surface area contributed by atoms with Crippen LogP contribution in [0.5, 0.6) is 5.75 Å². The van der Waals surface area contributed by atoms with Crippen LogP contribution in [0, 0.1) is 17.2 Å². The van der Waals surface area contributed by atoms with Crippen LogP contribution >= 0.6 is 0 Å². The normalized spacial score (nSPS) is 16.7. The van der Waals surface area contributed by atoms with Crippen LogP contribution < -0.4 is 4.74 Å². The minimum Gasteiger partial charge on any atom is -0.490 e. The maximum atomic E-state index is 8.88. The van der Waals surface area contributed by atoms with Gasteiger partial charge in [-0.3, -0.25) is 4.98 Å². The van der Waals surface area contributed by atoms with E-state index in [1.807, 2.05) is 0 Å². The van der Waals surface area contributed by atoms with E-state index in [1.54, 1.807) is 18.5 Å². The quantitative estimate of drug-likeness (QED) is 0.775. The smallest absolute Gasteiger partial charge is 0.155 e. The minimum absolute atomic E-state index is 0.528. The average molecular weight is 218 g/mol. The number of nitriles is 1. The Labute approximate surface area is 94.8 Å². The fourth-order valence-corrected chi connectivity index (χ4v) is 1.71. The third-order valence-electron chi connectivity index (χ3n) is 2.72. The van der Waals surface area contributed by atoms with E-state index in [4.69, 9.17) is 14.7 Å². The van der Waals surface area contributed by atoms with Crippen molar-refractivity contribution < 1.29 is 9.47 Å². The van der Waals surface area contributed by atoms with E-state index in [0.717, 1.165) is 26.1 Å². The van der Waals surface area contributed by atoms with Gasteiger partial charge in [0.15, 0.2) is 5.75 Å². The van der Waals surface area contributed by atoms with Crippen molar-refractivity contribution >= 4 is 0 Å². The van der Waals surface area contributed by atoms with Gasteiger partial charge in [-0.1, -0.05) is 0 Å². The largest absolute Gasteiger partial charge is 0.490 e. The van der Waals surface area contributed by atoms with Gasteiger partial charge in [-0.15, -0.1) is 0 Å². The van der Waals surface area contributed by atoms with Gasteiger partial charge in [-0.2, -0.15) is 5.26 Å². The van der Waals surface area contributed by atoms with E-state index in [0.29, 0.717) is 23.8 Å². The van der Waals surface area contributed by atoms with Crippen molar-refractivity contribution in [2.24, 2.45) is 5.92 Å². The van der Waals surface area contributed by atoms with E-state index < -0.39 is 0 Å². The lowest BCUT2D eigenvalue weighted by molar-refractivity contribution is 0.0496. The SMILES string of the molecule is N#Cc1ccncc1OCC1CCOCC1. The average Bonchev–Trinajstić information content (AvgIpc) is 2.38. The number of nitrogens with zero attached hydrogens (tertiary/aromatic N) is 2. The molecule has 1 aliphatic rings. The fourth-order valence-electron chi connectivity index (χ4n) is 1.71. The number of pyridine rings is 1. The molecule has 0 spiro atoms. The summed E-state index contributed by atoms with van der Waals surface area (Å²) in [5.74, 6) is 1.11. The van der Waals surface area contributed by atoms with Gasteiger partial charge in [0.25, 0.3) is 0 Å². The Morgan fingerprint density at radius 3 is 3.06 bits per heavy atom. The first-order valence-corrected chi connectivity index (χ1v) is 5.45. The molecule has 1 fully saturated rings. The number of aromatic nitrogens is 1. The molecule has 0 radical (unpaired) electrons. The summed E-state index contributed by atoms with van der Waals surface area (Å²) in [6.07, 6.45) is 5.25. The van der Waals surface area contributed by atoms with Gasteiger partial charge >= 0.3 is 0 Å². The number of ether oxygens (including phenoxy) is 2. The van der Waals surface area contributed by atoms with Crippen LogP contribution in [0.4, 0.5) is 0 Å². The van der Waals surface area contributed by atoms with Gasteiger partial charge in [0, 0.05) is 19.4 Å². The summed E-state index contributed by atoms with van der Waals surface area (Å²) in [5.41, 5.74) is 0.544. The topological polar surface area (TPSA) is 55.1 Å². The first-order valence-electron chi connectivity index (χ1n) is 5.45. The molecule has 0 bridgehead atoms. The third kappa shape index (κ3) is 2.71. The molecular weight excluding hydrogens is 204 g/mol. The first-order chi connectivity index (χ1) is 7.90. The summed E-state index contributed by atoms with van der Waals surface area (Å²) in [5, 5.41) is 8.88. The van der Waals surface area contributed by atoms with Crippen LogP contribution in [0.15, 0.2) is 18.5 Å². The Balaban J connectivity index is 1.91. The number of rotatable bonds is 3. The molecule has 0 saturated carbocycles. The Morgan fingerprint density at radius 2 is 2.31 bits per heavy atom. The second-order valence-corrected chi connectivity index (χ2v) is 3.85. The van der Waals surface area contributed by atoms with Crippen LogP contribution in [0.25, 0.3) is 0 Å². The van der Waals surface area contributed by atoms with Crippen LogP contribution in [0.2, 0.25) is 0 Å². The number of hydrogen-bond acceptors (Lipinski definition) is 4. The third-order valence-corrected chi connectivity index (χ3v) is 2.72. The molecule has 1 aliphatic heterocycles. The molecule has 0 atom stereocenters. The van der Waals surface area contributed by atoms with Crippen molar-refractivity contribution in [2.45, 2.75) is 12.8 Å². The maximum absolute atomic E-state index is 8.88. The van der Waals surface area contributed by atoms with Crippen LogP contribution in [0.3, 0.4) is 0 Å². The molecule has 2 heterocycles. The molecule has 1 saturated heterocycles. The van der Waals surface area contributed by atoms with Gasteiger partial charge in [0.1, 0.15) is 6.07 Å². The zero-order valence-corrected chi connectivity index (χ0v) is 9.06. The zero-order chi connectivity index (χ0) is 11.2. The van der Waals surface area contributed by atoms with Crippen molar-refractivity contribution in [3.63, 3.8) is 0 Å². The van der Waals surface area contributed by atoms with Gasteiger partial charge in [-0.05, 0) is 24.8 Å². The van der Waals surface area contributed by atoms with E-state index >= 15 is 0 Å². The molecule has 0 N–H and O–H groups in total. The van der Waals surface area contributed by atoms with Crippen molar-refractivity contribution in [2.75, 3.05) is 19.8 Å². The summed E-state index contributed by atoms with van der Waals surface area (Å²) >= 11 is 0. The second-order valence-electron chi connectivity index (χ2n) is 3.85. The summed E-state index contributed by atoms with van der Waals surface area (Å²) in [6, 6.07) is 3.76. The van der Waals surface area contributed by atoms with E-state index in [9.17, 15) is 0 Å². The molecular formula is C12H14N2O2. The summed E-state index contributed by atoms with van der Waals surface area (Å²) < 4.78 is 10.9. The summed E-state index contributed by atoms with van der Waals surface area (Å²) in [4.78, 5) is 3.96. The lowest BCUT2D eigenvalue weighted by Gasteiger charge is -2.22. The molecule has 84 valence electrons. The standard InChI is InChI=1S/C12H14N2O2/c13-7-11-1-4-14-8-12(11)16-9-10-2-5-15-6-3-10/h1,4,8,10H,2-3,5-6,9H2. The van der Waals surface area contributed by atoms with Crippen molar-refractivity contribution in [3.8, 4) is 11.8 Å². The Hall–Kier alpha value is -1.60. The van der Waals surface area contributed by atoms with Gasteiger partial charge < -0.3 is 9.47 Å². The molecule has 0 aromatic carbocycles. The van der Waals surface area contributed by atoms with Gasteiger partial charge in [0.2, 0.25) is 0 Å². The summed E-state index contributed by atoms with van der Waals surface area (Å²) in [6.45, 7) is 2.27. The Kier molecular flexibility index (Phi) is 3.73. The molecule has 0 unspecified atom stereocenters. The van der Waals surface area contributed by atoms with Crippen LogP contribution in [0.1, 0.15) is 18.4 Å². The lowest BCUT2D eigenvalue weighted by atomic mass is 10.0. The van der Waals surface area contributed by atoms with Crippen molar-refractivity contribution in [3.05, 3.63) is 24.0 Å². The first kappa shape index (κ1) is 10.9. The lowest BCUT2D eigenvalue weighted by Crippen LogP contribution is -2.21. The number of hydrogen-bond donors (Lipinski definition) is 0. The predicted octanol–water partition coefficient (Wildman–Crippen LogP) is 1.76. The van der Waals surface area contributed by atoms with Crippen molar-refractivity contribution in [1.29, 1.82) is 5.26 Å². The molecule has 1 aromatic rings. The van der Waals surface area contributed by atoms with Gasteiger partial charge in [0.05, 0.1) is 18.4 Å². The van der Waals surface area contributed by atoms with Crippen LogP contribution in [-0.4, -0.2) is 24.8 Å². The highest BCUT2D eigenvalue weighted by Crippen LogP contribution is 2.19. The molecule has 4 heteroatoms. The monoisotopic (exact) mass is 218 g/mol.